The molecule has 0 saturated heterocycles. The number of fused-ring (bicyclic) bond motifs is 3. The summed E-state index contributed by atoms with van der Waals surface area (Å²) >= 11 is 0. The summed E-state index contributed by atoms with van der Waals surface area (Å²) < 4.78 is 1.81. The number of carbonyl (C=O) groups is 1. The van der Waals surface area contributed by atoms with Crippen molar-refractivity contribution in [2.75, 3.05) is 11.9 Å². The summed E-state index contributed by atoms with van der Waals surface area (Å²) in [5.41, 5.74) is 5.87. The van der Waals surface area contributed by atoms with Crippen molar-refractivity contribution in [1.29, 1.82) is 0 Å². The molecule has 0 aliphatic carbocycles. The standard InChI is InChI=1S/C24H19N3O/c28-24(20-11-5-7-13-22(20)25-17-8-2-1-3-9-17)27-15-14-19-18-10-4-6-12-21(18)26-23(19)16-27/h1-13,16H,14-15H2,(H,25,28)/p+1. The van der Waals surface area contributed by atoms with E-state index >= 15 is 0 Å². The highest BCUT2D eigenvalue weighted by atomic mass is 16.2. The van der Waals surface area contributed by atoms with Crippen molar-refractivity contribution in [3.8, 4) is 0 Å². The maximum absolute atomic E-state index is 13.3. The first-order valence-corrected chi connectivity index (χ1v) is 9.46. The fourth-order valence-electron chi connectivity index (χ4n) is 3.82. The Morgan fingerprint density at radius 2 is 1.64 bits per heavy atom. The Hall–Kier alpha value is -3.66. The van der Waals surface area contributed by atoms with E-state index in [2.05, 4.69) is 28.5 Å². The van der Waals surface area contributed by atoms with Gasteiger partial charge in [-0.2, -0.15) is 4.58 Å². The summed E-state index contributed by atoms with van der Waals surface area (Å²) in [6.45, 7) is 0.674. The Morgan fingerprint density at radius 3 is 2.54 bits per heavy atom. The first kappa shape index (κ1) is 16.5. The zero-order chi connectivity index (χ0) is 18.9. The average molecular weight is 366 g/mol. The lowest BCUT2D eigenvalue weighted by Gasteiger charge is -2.12. The normalized spacial score (nSPS) is 13.1. The van der Waals surface area contributed by atoms with E-state index in [1.807, 2.05) is 71.5 Å². The second-order valence-electron chi connectivity index (χ2n) is 6.98. The van der Waals surface area contributed by atoms with Crippen molar-refractivity contribution in [2.24, 2.45) is 0 Å². The maximum Gasteiger partial charge on any atom is 0.421 e. The number of aromatic amines is 1. The maximum atomic E-state index is 13.3. The molecule has 1 aliphatic heterocycles. The van der Waals surface area contributed by atoms with Gasteiger partial charge in [0, 0.05) is 23.0 Å². The van der Waals surface area contributed by atoms with Gasteiger partial charge in [0.05, 0.1) is 5.69 Å². The summed E-state index contributed by atoms with van der Waals surface area (Å²) in [6.07, 6.45) is 2.79. The smallest absolute Gasteiger partial charge is 0.355 e. The molecule has 0 radical (unpaired) electrons. The van der Waals surface area contributed by atoms with Gasteiger partial charge in [0.2, 0.25) is 0 Å². The van der Waals surface area contributed by atoms with Gasteiger partial charge < -0.3 is 10.3 Å². The second-order valence-corrected chi connectivity index (χ2v) is 6.98. The highest BCUT2D eigenvalue weighted by Gasteiger charge is 2.28. The van der Waals surface area contributed by atoms with Crippen molar-refractivity contribution in [2.45, 2.75) is 6.42 Å². The highest BCUT2D eigenvalue weighted by Crippen LogP contribution is 2.25. The third kappa shape index (κ3) is 2.89. The van der Waals surface area contributed by atoms with Gasteiger partial charge in [-0.3, -0.25) is 0 Å². The van der Waals surface area contributed by atoms with Gasteiger partial charge in [0.1, 0.15) is 11.3 Å². The summed E-state index contributed by atoms with van der Waals surface area (Å²) in [6, 6.07) is 25.9. The molecular weight excluding hydrogens is 346 g/mol. The van der Waals surface area contributed by atoms with Crippen LogP contribution in [0.15, 0.2) is 78.9 Å². The lowest BCUT2D eigenvalue weighted by Crippen LogP contribution is -2.29. The predicted octanol–water partition coefficient (Wildman–Crippen LogP) is 4.74. The van der Waals surface area contributed by atoms with Gasteiger partial charge in [0.25, 0.3) is 0 Å². The van der Waals surface area contributed by atoms with Crippen LogP contribution in [0.25, 0.3) is 10.9 Å². The molecule has 4 heteroatoms. The fraction of sp³-hybridized carbons (Fsp3) is 0.0833. The Kier molecular flexibility index (Phi) is 4.02. The molecule has 0 bridgehead atoms. The molecule has 0 atom stereocenters. The van der Waals surface area contributed by atoms with Crippen molar-refractivity contribution in [3.05, 3.63) is 95.7 Å². The van der Waals surface area contributed by atoms with Crippen LogP contribution < -0.4 is 5.32 Å². The number of benzene rings is 3. The number of aromatic nitrogens is 1. The first-order valence-electron chi connectivity index (χ1n) is 9.46. The summed E-state index contributed by atoms with van der Waals surface area (Å²) in [4.78, 5) is 16.7. The lowest BCUT2D eigenvalue weighted by molar-refractivity contribution is -0.424. The molecule has 0 unspecified atom stereocenters. The highest BCUT2D eigenvalue weighted by molar-refractivity contribution is 6.00. The number of amides is 1. The van der Waals surface area contributed by atoms with Crippen LogP contribution in [0.5, 0.6) is 0 Å². The Labute approximate surface area is 163 Å². The molecule has 5 rings (SSSR count). The zero-order valence-electron chi connectivity index (χ0n) is 15.4. The number of hydrogen-bond acceptors (Lipinski definition) is 2. The van der Waals surface area contributed by atoms with Crippen LogP contribution in [-0.4, -0.2) is 28.2 Å². The van der Waals surface area contributed by atoms with E-state index in [0.717, 1.165) is 29.0 Å². The Morgan fingerprint density at radius 1 is 0.893 bits per heavy atom. The number of hydrogen-bond donors (Lipinski definition) is 2. The van der Waals surface area contributed by atoms with Crippen molar-refractivity contribution in [3.63, 3.8) is 0 Å². The van der Waals surface area contributed by atoms with E-state index in [-0.39, 0.29) is 5.91 Å². The SMILES string of the molecule is O=C(c1ccccc1Nc1ccccc1)[N+]1=Cc2[nH]c3ccccc3c2CC1. The van der Waals surface area contributed by atoms with Crippen LogP contribution >= 0.6 is 0 Å². The molecule has 136 valence electrons. The Bertz CT molecular complexity index is 1200. The molecule has 0 saturated carbocycles. The molecule has 1 aromatic heterocycles. The summed E-state index contributed by atoms with van der Waals surface area (Å²) in [5, 5.41) is 4.61. The van der Waals surface area contributed by atoms with Gasteiger partial charge in [0.15, 0.2) is 12.8 Å². The van der Waals surface area contributed by atoms with Gasteiger partial charge in [-0.05, 0) is 35.9 Å². The third-order valence-electron chi connectivity index (χ3n) is 5.21. The summed E-state index contributed by atoms with van der Waals surface area (Å²) in [5.74, 6) is 0.00309. The lowest BCUT2D eigenvalue weighted by atomic mass is 10.0. The van der Waals surface area contributed by atoms with E-state index in [1.165, 1.54) is 10.9 Å². The molecule has 28 heavy (non-hydrogen) atoms. The quantitative estimate of drug-likeness (QED) is 0.515. The number of nitrogens with zero attached hydrogens (tertiary/aromatic N) is 1. The van der Waals surface area contributed by atoms with Gasteiger partial charge in [-0.15, -0.1) is 0 Å². The number of nitrogens with one attached hydrogen (secondary N) is 2. The number of carbonyl (C=O) groups excluding carboxylic acids is 1. The Balaban J connectivity index is 1.50. The van der Waals surface area contributed by atoms with Crippen LogP contribution in [0, 0.1) is 0 Å². The zero-order valence-corrected chi connectivity index (χ0v) is 15.4. The number of para-hydroxylation sites is 3. The molecule has 2 N–H and O–H groups in total. The van der Waals surface area contributed by atoms with E-state index in [0.29, 0.717) is 12.1 Å². The molecule has 4 aromatic rings. The number of anilines is 2. The average Bonchev–Trinajstić information content (AvgIpc) is 3.12. The van der Waals surface area contributed by atoms with Gasteiger partial charge >= 0.3 is 5.91 Å². The second kappa shape index (κ2) is 6.82. The monoisotopic (exact) mass is 366 g/mol. The minimum atomic E-state index is 0.00309. The predicted molar refractivity (Wildman–Crippen MR) is 113 cm³/mol. The van der Waals surface area contributed by atoms with Crippen LogP contribution in [0.4, 0.5) is 11.4 Å². The third-order valence-corrected chi connectivity index (χ3v) is 5.21. The minimum Gasteiger partial charge on any atom is -0.355 e. The van der Waals surface area contributed by atoms with Crippen LogP contribution in [-0.2, 0) is 6.42 Å². The molecule has 1 amide bonds. The van der Waals surface area contributed by atoms with E-state index in [4.69, 9.17) is 0 Å². The first-order chi connectivity index (χ1) is 13.8. The van der Waals surface area contributed by atoms with Crippen LogP contribution in [0.3, 0.4) is 0 Å². The van der Waals surface area contributed by atoms with E-state index in [1.54, 1.807) is 0 Å². The van der Waals surface area contributed by atoms with Crippen LogP contribution in [0.2, 0.25) is 0 Å². The summed E-state index contributed by atoms with van der Waals surface area (Å²) in [7, 11) is 0. The molecule has 3 aromatic carbocycles. The molecule has 0 fully saturated rings. The topological polar surface area (TPSA) is 47.9 Å². The molecule has 4 nitrogen and oxygen atoms in total. The molecule has 1 aliphatic rings. The van der Waals surface area contributed by atoms with Crippen LogP contribution in [0.1, 0.15) is 21.6 Å². The van der Waals surface area contributed by atoms with Crippen molar-refractivity contribution >= 4 is 34.4 Å². The molecule has 0 spiro atoms. The minimum absolute atomic E-state index is 0.00309. The molecular formula is C24H20N3O+. The van der Waals surface area contributed by atoms with Gasteiger partial charge in [-0.1, -0.05) is 48.5 Å². The number of H-pyrrole nitrogens is 1. The van der Waals surface area contributed by atoms with Crippen molar-refractivity contribution < 1.29 is 9.37 Å². The van der Waals surface area contributed by atoms with E-state index < -0.39 is 0 Å². The fourth-order valence-corrected chi connectivity index (χ4v) is 3.82. The van der Waals surface area contributed by atoms with E-state index in [9.17, 15) is 4.79 Å². The van der Waals surface area contributed by atoms with Crippen molar-refractivity contribution in [1.82, 2.24) is 4.98 Å². The number of rotatable bonds is 3. The molecule has 2 heterocycles. The largest absolute Gasteiger partial charge is 0.421 e. The van der Waals surface area contributed by atoms with Gasteiger partial charge in [-0.25, -0.2) is 4.79 Å².